The van der Waals surface area contributed by atoms with Crippen LogP contribution in [-0.4, -0.2) is 9.55 Å². The quantitative estimate of drug-likeness (QED) is 0.871. The number of rotatable bonds is 4. The van der Waals surface area contributed by atoms with Crippen molar-refractivity contribution in [3.05, 3.63) is 51.5 Å². The Morgan fingerprint density at radius 3 is 2.72 bits per heavy atom. The smallest absolute Gasteiger partial charge is 0.313 e. The van der Waals surface area contributed by atoms with Gasteiger partial charge in [0.25, 0.3) is 5.88 Å². The first-order chi connectivity index (χ1) is 8.70. The number of ether oxygens (including phenoxy) is 1. The molecule has 0 saturated carbocycles. The molecule has 0 saturated heterocycles. The average Bonchev–Trinajstić information content (AvgIpc) is 2.37. The van der Waals surface area contributed by atoms with Gasteiger partial charge in [0.05, 0.1) is 0 Å². The van der Waals surface area contributed by atoms with Crippen LogP contribution in [0.25, 0.3) is 0 Å². The van der Waals surface area contributed by atoms with Gasteiger partial charge in [0, 0.05) is 23.4 Å². The molecule has 0 amide bonds. The summed E-state index contributed by atoms with van der Waals surface area (Å²) in [4.78, 5) is 16.0. The van der Waals surface area contributed by atoms with E-state index in [4.69, 9.17) is 4.74 Å². The molecule has 0 bridgehead atoms. The fourth-order valence-electron chi connectivity index (χ4n) is 1.53. The zero-order chi connectivity index (χ0) is 13.0. The number of aromatic nitrogens is 2. The van der Waals surface area contributed by atoms with Crippen LogP contribution in [0.2, 0.25) is 0 Å². The fourth-order valence-corrected chi connectivity index (χ4v) is 1.79. The second-order valence-electron chi connectivity index (χ2n) is 3.79. The Kier molecular flexibility index (Phi) is 4.15. The summed E-state index contributed by atoms with van der Waals surface area (Å²) < 4.78 is 8.04. The molecule has 0 radical (unpaired) electrons. The van der Waals surface area contributed by atoms with E-state index in [0.717, 1.165) is 10.9 Å². The van der Waals surface area contributed by atoms with Gasteiger partial charge in [0.2, 0.25) is 0 Å². The summed E-state index contributed by atoms with van der Waals surface area (Å²) in [5.74, 6) is 0.699. The van der Waals surface area contributed by atoms with Crippen LogP contribution in [-0.2, 0) is 6.54 Å². The number of benzene rings is 1. The lowest BCUT2D eigenvalue weighted by atomic mass is 10.3. The molecule has 1 aromatic carbocycles. The molecule has 0 aliphatic carbocycles. The van der Waals surface area contributed by atoms with E-state index < -0.39 is 0 Å². The number of hydrogen-bond donors (Lipinski definition) is 0. The van der Waals surface area contributed by atoms with Gasteiger partial charge in [-0.25, -0.2) is 4.98 Å². The molecule has 0 atom stereocenters. The summed E-state index contributed by atoms with van der Waals surface area (Å²) in [6.07, 6.45) is 4.13. The van der Waals surface area contributed by atoms with Crippen LogP contribution in [0.3, 0.4) is 0 Å². The predicted octanol–water partition coefficient (Wildman–Crippen LogP) is 3.21. The lowest BCUT2D eigenvalue weighted by molar-refractivity contribution is 0.443. The molecule has 5 heteroatoms. The maximum Gasteiger partial charge on any atom is 0.313 e. The van der Waals surface area contributed by atoms with Crippen molar-refractivity contribution in [1.82, 2.24) is 9.55 Å². The van der Waals surface area contributed by atoms with E-state index >= 15 is 0 Å². The normalized spacial score (nSPS) is 10.3. The lowest BCUT2D eigenvalue weighted by Crippen LogP contribution is -2.21. The molecule has 1 heterocycles. The second-order valence-corrected chi connectivity index (χ2v) is 4.70. The summed E-state index contributed by atoms with van der Waals surface area (Å²) in [6.45, 7) is 2.68. The van der Waals surface area contributed by atoms with E-state index in [1.807, 2.05) is 19.1 Å². The minimum atomic E-state index is -0.206. The zero-order valence-electron chi connectivity index (χ0n) is 9.97. The van der Waals surface area contributed by atoms with E-state index in [0.29, 0.717) is 12.3 Å². The third kappa shape index (κ3) is 2.98. The Morgan fingerprint density at radius 1 is 1.33 bits per heavy atom. The van der Waals surface area contributed by atoms with Gasteiger partial charge < -0.3 is 9.30 Å². The Hall–Kier alpha value is -1.62. The molecule has 4 nitrogen and oxygen atoms in total. The highest BCUT2D eigenvalue weighted by Gasteiger charge is 2.06. The summed E-state index contributed by atoms with van der Waals surface area (Å²) in [5, 5.41) is 0. The van der Waals surface area contributed by atoms with E-state index in [2.05, 4.69) is 20.9 Å². The Labute approximate surface area is 113 Å². The first kappa shape index (κ1) is 12.8. The highest BCUT2D eigenvalue weighted by molar-refractivity contribution is 9.10. The molecular weight excluding hydrogens is 296 g/mol. The van der Waals surface area contributed by atoms with Crippen molar-refractivity contribution in [3.8, 4) is 11.6 Å². The summed E-state index contributed by atoms with van der Waals surface area (Å²) in [7, 11) is 0. The summed E-state index contributed by atoms with van der Waals surface area (Å²) >= 11 is 3.34. The maximum absolute atomic E-state index is 12.0. The Balaban J connectivity index is 2.26. The highest BCUT2D eigenvalue weighted by atomic mass is 79.9. The second kappa shape index (κ2) is 5.82. The summed E-state index contributed by atoms with van der Waals surface area (Å²) in [5.41, 5.74) is -0.206. The molecule has 2 rings (SSSR count). The van der Waals surface area contributed by atoms with Gasteiger partial charge in [0.15, 0.2) is 0 Å². The van der Waals surface area contributed by atoms with Crippen molar-refractivity contribution in [3.63, 3.8) is 0 Å². The molecular formula is C13H13BrN2O2. The van der Waals surface area contributed by atoms with Crippen LogP contribution in [0.5, 0.6) is 11.6 Å². The van der Waals surface area contributed by atoms with Crippen LogP contribution in [0.1, 0.15) is 13.3 Å². The lowest BCUT2D eigenvalue weighted by Gasteiger charge is -2.07. The van der Waals surface area contributed by atoms with Crippen LogP contribution < -0.4 is 10.3 Å². The van der Waals surface area contributed by atoms with Gasteiger partial charge in [-0.3, -0.25) is 4.79 Å². The Bertz CT molecular complexity index is 578. The van der Waals surface area contributed by atoms with Crippen LogP contribution in [0.4, 0.5) is 0 Å². The van der Waals surface area contributed by atoms with Crippen molar-refractivity contribution < 1.29 is 4.74 Å². The number of halogens is 1. The van der Waals surface area contributed by atoms with E-state index in [-0.39, 0.29) is 11.4 Å². The first-order valence-corrected chi connectivity index (χ1v) is 6.49. The van der Waals surface area contributed by atoms with Gasteiger partial charge >= 0.3 is 5.56 Å². The summed E-state index contributed by atoms with van der Waals surface area (Å²) in [6, 6.07) is 7.26. The van der Waals surface area contributed by atoms with Crippen molar-refractivity contribution in [2.75, 3.05) is 0 Å². The minimum Gasteiger partial charge on any atom is -0.435 e. The predicted molar refractivity (Wildman–Crippen MR) is 73.0 cm³/mol. The molecule has 0 fully saturated rings. The average molecular weight is 309 g/mol. The third-order valence-electron chi connectivity index (χ3n) is 2.37. The first-order valence-electron chi connectivity index (χ1n) is 5.69. The van der Waals surface area contributed by atoms with Crippen molar-refractivity contribution in [2.24, 2.45) is 0 Å². The molecule has 0 spiro atoms. The molecule has 94 valence electrons. The van der Waals surface area contributed by atoms with Crippen molar-refractivity contribution >= 4 is 15.9 Å². The van der Waals surface area contributed by atoms with Gasteiger partial charge in [-0.1, -0.05) is 22.9 Å². The highest BCUT2D eigenvalue weighted by Crippen LogP contribution is 2.19. The van der Waals surface area contributed by atoms with Gasteiger partial charge in [-0.15, -0.1) is 0 Å². The SMILES string of the molecule is CCCn1ccnc(Oc2ccc(Br)cc2)c1=O. The van der Waals surface area contributed by atoms with Gasteiger partial charge in [-0.2, -0.15) is 0 Å². The van der Waals surface area contributed by atoms with Crippen LogP contribution >= 0.6 is 15.9 Å². The number of aryl methyl sites for hydroxylation is 1. The number of hydrogen-bond acceptors (Lipinski definition) is 3. The van der Waals surface area contributed by atoms with Crippen molar-refractivity contribution in [2.45, 2.75) is 19.9 Å². The topological polar surface area (TPSA) is 44.1 Å². The van der Waals surface area contributed by atoms with E-state index in [1.165, 1.54) is 0 Å². The Morgan fingerprint density at radius 2 is 2.06 bits per heavy atom. The molecule has 2 aromatic rings. The largest absolute Gasteiger partial charge is 0.435 e. The van der Waals surface area contributed by atoms with Crippen LogP contribution in [0.15, 0.2) is 45.9 Å². The zero-order valence-corrected chi connectivity index (χ0v) is 11.6. The maximum atomic E-state index is 12.0. The molecule has 0 aliphatic heterocycles. The monoisotopic (exact) mass is 308 g/mol. The minimum absolute atomic E-state index is 0.105. The van der Waals surface area contributed by atoms with Crippen LogP contribution in [0, 0.1) is 0 Å². The van der Waals surface area contributed by atoms with Gasteiger partial charge in [0.1, 0.15) is 5.75 Å². The molecule has 0 N–H and O–H groups in total. The fraction of sp³-hybridized carbons (Fsp3) is 0.231. The van der Waals surface area contributed by atoms with Crippen molar-refractivity contribution in [1.29, 1.82) is 0 Å². The standard InChI is InChI=1S/C13H13BrN2O2/c1-2-8-16-9-7-15-12(13(16)17)18-11-5-3-10(14)4-6-11/h3-7,9H,2,8H2,1H3. The molecule has 0 unspecified atom stereocenters. The third-order valence-corrected chi connectivity index (χ3v) is 2.90. The molecule has 0 aliphatic rings. The number of nitrogens with zero attached hydrogens (tertiary/aromatic N) is 2. The van der Waals surface area contributed by atoms with Gasteiger partial charge in [-0.05, 0) is 30.7 Å². The van der Waals surface area contributed by atoms with E-state index in [1.54, 1.807) is 29.1 Å². The molecule has 18 heavy (non-hydrogen) atoms. The van der Waals surface area contributed by atoms with E-state index in [9.17, 15) is 4.79 Å². The molecule has 1 aromatic heterocycles.